The van der Waals surface area contributed by atoms with Gasteiger partial charge in [0.05, 0.1) is 6.07 Å². The van der Waals surface area contributed by atoms with E-state index in [9.17, 15) is 5.26 Å². The average molecular weight is 282 g/mol. The molecular formula is C17H18N2S. The minimum absolute atomic E-state index is 0.657. The van der Waals surface area contributed by atoms with Crippen LogP contribution in [0.15, 0.2) is 59.5 Å². The van der Waals surface area contributed by atoms with Gasteiger partial charge in [-0.05, 0) is 31.7 Å². The van der Waals surface area contributed by atoms with Gasteiger partial charge in [0.1, 0.15) is 5.54 Å². The molecule has 0 aromatic heterocycles. The van der Waals surface area contributed by atoms with Gasteiger partial charge in [0.2, 0.25) is 0 Å². The molecule has 0 heterocycles. The zero-order valence-electron chi connectivity index (χ0n) is 11.8. The molecule has 0 saturated carbocycles. The molecule has 1 N–H and O–H groups in total. The summed E-state index contributed by atoms with van der Waals surface area (Å²) in [6, 6.07) is 20.7. The highest BCUT2D eigenvalue weighted by Crippen LogP contribution is 2.29. The van der Waals surface area contributed by atoms with Gasteiger partial charge < -0.3 is 0 Å². The average Bonchev–Trinajstić information content (AvgIpc) is 2.50. The lowest BCUT2D eigenvalue weighted by Gasteiger charge is -2.26. The van der Waals surface area contributed by atoms with Crippen molar-refractivity contribution in [1.29, 1.82) is 5.26 Å². The third-order valence-corrected chi connectivity index (χ3v) is 4.49. The van der Waals surface area contributed by atoms with E-state index in [0.717, 1.165) is 5.56 Å². The van der Waals surface area contributed by atoms with Crippen molar-refractivity contribution in [3.63, 3.8) is 0 Å². The molecule has 102 valence electrons. The van der Waals surface area contributed by atoms with Crippen molar-refractivity contribution in [2.75, 3.05) is 12.8 Å². The lowest BCUT2D eigenvalue weighted by atomic mass is 9.94. The van der Waals surface area contributed by atoms with Crippen LogP contribution in [0.4, 0.5) is 0 Å². The fraction of sp³-hybridized carbons (Fsp3) is 0.235. The molecule has 0 aliphatic carbocycles. The summed E-state index contributed by atoms with van der Waals surface area (Å²) in [4.78, 5) is 1.19. The number of thioether (sulfide) groups is 1. The van der Waals surface area contributed by atoms with Crippen molar-refractivity contribution in [2.24, 2.45) is 0 Å². The molecule has 2 aromatic carbocycles. The maximum atomic E-state index is 9.64. The van der Waals surface area contributed by atoms with Crippen molar-refractivity contribution >= 4 is 11.8 Å². The van der Waals surface area contributed by atoms with Crippen LogP contribution in [-0.2, 0) is 5.54 Å². The first-order valence-electron chi connectivity index (χ1n) is 6.55. The number of hydrogen-bond acceptors (Lipinski definition) is 3. The first-order valence-corrected chi connectivity index (χ1v) is 7.54. The van der Waals surface area contributed by atoms with Gasteiger partial charge >= 0.3 is 0 Å². The number of nitrogens with zero attached hydrogens (tertiary/aromatic N) is 1. The maximum absolute atomic E-state index is 9.64. The van der Waals surface area contributed by atoms with Gasteiger partial charge in [0.25, 0.3) is 0 Å². The highest BCUT2D eigenvalue weighted by atomic mass is 32.2. The van der Waals surface area contributed by atoms with Gasteiger partial charge in [-0.2, -0.15) is 5.26 Å². The summed E-state index contributed by atoms with van der Waals surface area (Å²) >= 11 is 1.70. The predicted molar refractivity (Wildman–Crippen MR) is 84.7 cm³/mol. The van der Waals surface area contributed by atoms with Crippen molar-refractivity contribution in [1.82, 2.24) is 5.32 Å². The van der Waals surface area contributed by atoms with Crippen LogP contribution in [0.5, 0.6) is 0 Å². The molecule has 0 amide bonds. The Balaban J connectivity index is 2.21. The van der Waals surface area contributed by atoms with Crippen LogP contribution in [0.3, 0.4) is 0 Å². The third-order valence-electron chi connectivity index (χ3n) is 3.33. The molecule has 0 radical (unpaired) electrons. The Labute approximate surface area is 124 Å². The summed E-state index contributed by atoms with van der Waals surface area (Å²) < 4.78 is 0. The molecule has 1 unspecified atom stereocenters. The molecule has 0 fully saturated rings. The topological polar surface area (TPSA) is 35.8 Å². The van der Waals surface area contributed by atoms with E-state index in [-0.39, 0.29) is 0 Å². The molecule has 0 aliphatic heterocycles. The lowest BCUT2D eigenvalue weighted by Crippen LogP contribution is -2.41. The van der Waals surface area contributed by atoms with Crippen molar-refractivity contribution < 1.29 is 0 Å². The Kier molecular flexibility index (Phi) is 4.84. The number of rotatable bonds is 5. The first kappa shape index (κ1) is 14.6. The Hall–Kier alpha value is -1.76. The van der Waals surface area contributed by atoms with Crippen LogP contribution in [-0.4, -0.2) is 12.8 Å². The molecule has 20 heavy (non-hydrogen) atoms. The van der Waals surface area contributed by atoms with E-state index in [1.807, 2.05) is 43.4 Å². The Morgan fingerprint density at radius 2 is 1.90 bits per heavy atom. The van der Waals surface area contributed by atoms with Crippen LogP contribution in [0, 0.1) is 18.3 Å². The highest BCUT2D eigenvalue weighted by molar-refractivity contribution is 7.99. The van der Waals surface area contributed by atoms with Gasteiger partial charge in [-0.1, -0.05) is 48.0 Å². The van der Waals surface area contributed by atoms with Crippen molar-refractivity contribution in [3.05, 3.63) is 65.7 Å². The van der Waals surface area contributed by atoms with Crippen LogP contribution in [0.2, 0.25) is 0 Å². The van der Waals surface area contributed by atoms with E-state index in [1.165, 1.54) is 10.5 Å². The summed E-state index contributed by atoms with van der Waals surface area (Å²) in [6.45, 7) is 2.08. The Morgan fingerprint density at radius 1 is 1.15 bits per heavy atom. The number of benzene rings is 2. The molecule has 0 spiro atoms. The van der Waals surface area contributed by atoms with Crippen molar-refractivity contribution in [3.8, 4) is 6.07 Å². The van der Waals surface area contributed by atoms with Crippen LogP contribution in [0.25, 0.3) is 0 Å². The van der Waals surface area contributed by atoms with Gasteiger partial charge in [-0.3, -0.25) is 5.32 Å². The maximum Gasteiger partial charge on any atom is 0.141 e. The minimum atomic E-state index is -0.657. The van der Waals surface area contributed by atoms with Gasteiger partial charge in [0, 0.05) is 10.6 Å². The molecular weight excluding hydrogens is 264 g/mol. The second-order valence-corrected chi connectivity index (χ2v) is 5.79. The molecule has 1 atom stereocenters. The van der Waals surface area contributed by atoms with Crippen LogP contribution >= 0.6 is 11.8 Å². The second-order valence-electron chi connectivity index (χ2n) is 4.74. The summed E-state index contributed by atoms with van der Waals surface area (Å²) in [5, 5.41) is 12.8. The van der Waals surface area contributed by atoms with E-state index >= 15 is 0 Å². The standard InChI is InChI=1S/C17H18N2S/c1-14-7-6-10-16(11-14)20-13-17(12-18,19-2)15-8-4-3-5-9-15/h3-11,19H,13H2,1-2H3. The highest BCUT2D eigenvalue weighted by Gasteiger charge is 2.30. The Bertz CT molecular complexity index is 604. The van der Waals surface area contributed by atoms with Gasteiger partial charge in [-0.15, -0.1) is 11.8 Å². The minimum Gasteiger partial charge on any atom is -0.298 e. The van der Waals surface area contributed by atoms with E-state index in [4.69, 9.17) is 0 Å². The van der Waals surface area contributed by atoms with E-state index < -0.39 is 5.54 Å². The van der Waals surface area contributed by atoms with Crippen LogP contribution in [0.1, 0.15) is 11.1 Å². The Morgan fingerprint density at radius 3 is 2.50 bits per heavy atom. The molecule has 0 saturated heterocycles. The largest absolute Gasteiger partial charge is 0.298 e. The lowest BCUT2D eigenvalue weighted by molar-refractivity contribution is 0.528. The molecule has 2 aromatic rings. The van der Waals surface area contributed by atoms with E-state index in [1.54, 1.807) is 11.8 Å². The number of nitriles is 1. The zero-order chi connectivity index (χ0) is 14.4. The fourth-order valence-electron chi connectivity index (χ4n) is 2.07. The predicted octanol–water partition coefficient (Wildman–Crippen LogP) is 3.73. The number of nitrogens with one attached hydrogen (secondary N) is 1. The summed E-state index contributed by atoms with van der Waals surface area (Å²) in [7, 11) is 1.84. The SMILES string of the molecule is CNC(C#N)(CSc1cccc(C)c1)c1ccccc1. The van der Waals surface area contributed by atoms with E-state index in [0.29, 0.717) is 5.75 Å². The smallest absolute Gasteiger partial charge is 0.141 e. The molecule has 0 aliphatic rings. The van der Waals surface area contributed by atoms with E-state index in [2.05, 4.69) is 36.5 Å². The molecule has 2 nitrogen and oxygen atoms in total. The molecule has 2 rings (SSSR count). The monoisotopic (exact) mass is 282 g/mol. The number of aryl methyl sites for hydroxylation is 1. The molecule has 3 heteroatoms. The summed E-state index contributed by atoms with van der Waals surface area (Å²) in [6.07, 6.45) is 0. The zero-order valence-corrected chi connectivity index (χ0v) is 12.6. The first-order chi connectivity index (χ1) is 9.70. The van der Waals surface area contributed by atoms with Gasteiger partial charge in [-0.25, -0.2) is 0 Å². The fourth-order valence-corrected chi connectivity index (χ4v) is 3.27. The molecule has 0 bridgehead atoms. The quantitative estimate of drug-likeness (QED) is 0.849. The second kappa shape index (κ2) is 6.60. The number of hydrogen-bond donors (Lipinski definition) is 1. The summed E-state index contributed by atoms with van der Waals surface area (Å²) in [5.74, 6) is 0.674. The third kappa shape index (κ3) is 3.22. The van der Waals surface area contributed by atoms with Gasteiger partial charge in [0.15, 0.2) is 0 Å². The van der Waals surface area contributed by atoms with Crippen LogP contribution < -0.4 is 5.32 Å². The normalized spacial score (nSPS) is 13.4. The van der Waals surface area contributed by atoms with Crippen molar-refractivity contribution in [2.45, 2.75) is 17.4 Å². The summed E-state index contributed by atoms with van der Waals surface area (Å²) in [5.41, 5.74) is 1.59.